The number of ether oxygens (including phenoxy) is 2. The van der Waals surface area contributed by atoms with Crippen LogP contribution in [0.15, 0.2) is 18.2 Å². The Morgan fingerprint density at radius 3 is 2.43 bits per heavy atom. The SMILES string of the molecule is COc1cc(NC(=O)CN2CCC(N)C(C)(C)C2)cc(OC)c1. The first-order chi connectivity index (χ1) is 10.8. The number of piperidine rings is 1. The topological polar surface area (TPSA) is 76.8 Å². The van der Waals surface area contributed by atoms with Crippen LogP contribution in [0.1, 0.15) is 20.3 Å². The smallest absolute Gasteiger partial charge is 0.238 e. The summed E-state index contributed by atoms with van der Waals surface area (Å²) in [5.74, 6) is 1.24. The first kappa shape index (κ1) is 17.6. The van der Waals surface area contributed by atoms with E-state index in [9.17, 15) is 4.79 Å². The number of hydrogen-bond donors (Lipinski definition) is 2. The van der Waals surface area contributed by atoms with Crippen molar-refractivity contribution >= 4 is 11.6 Å². The summed E-state index contributed by atoms with van der Waals surface area (Å²) in [5.41, 5.74) is 6.83. The fourth-order valence-corrected chi connectivity index (χ4v) is 2.90. The molecule has 1 amide bonds. The molecule has 128 valence electrons. The number of nitrogens with two attached hydrogens (primary N) is 1. The Labute approximate surface area is 137 Å². The van der Waals surface area contributed by atoms with Gasteiger partial charge >= 0.3 is 0 Å². The number of benzene rings is 1. The van der Waals surface area contributed by atoms with Crippen molar-refractivity contribution in [1.29, 1.82) is 0 Å². The van der Waals surface area contributed by atoms with Crippen LogP contribution in [0.5, 0.6) is 11.5 Å². The standard InChI is InChI=1S/C17H27N3O3/c1-17(2)11-20(6-5-15(17)18)10-16(21)19-12-7-13(22-3)9-14(8-12)23-4/h7-9,15H,5-6,10-11,18H2,1-4H3,(H,19,21). The van der Waals surface area contributed by atoms with Gasteiger partial charge in [-0.25, -0.2) is 0 Å². The van der Waals surface area contributed by atoms with E-state index >= 15 is 0 Å². The highest BCUT2D eigenvalue weighted by molar-refractivity contribution is 5.92. The van der Waals surface area contributed by atoms with Crippen molar-refractivity contribution in [2.75, 3.05) is 39.2 Å². The lowest BCUT2D eigenvalue weighted by Crippen LogP contribution is -2.53. The number of carbonyl (C=O) groups is 1. The van der Waals surface area contributed by atoms with Crippen LogP contribution in [-0.2, 0) is 4.79 Å². The molecule has 3 N–H and O–H groups in total. The zero-order valence-corrected chi connectivity index (χ0v) is 14.4. The van der Waals surface area contributed by atoms with E-state index in [1.165, 1.54) is 0 Å². The summed E-state index contributed by atoms with van der Waals surface area (Å²) >= 11 is 0. The zero-order chi connectivity index (χ0) is 17.0. The average molecular weight is 321 g/mol. The summed E-state index contributed by atoms with van der Waals surface area (Å²) in [5, 5.41) is 2.91. The largest absolute Gasteiger partial charge is 0.497 e. The minimum absolute atomic E-state index is 0.0255. The summed E-state index contributed by atoms with van der Waals surface area (Å²) in [4.78, 5) is 14.5. The lowest BCUT2D eigenvalue weighted by molar-refractivity contribution is -0.118. The highest BCUT2D eigenvalue weighted by atomic mass is 16.5. The molecule has 0 radical (unpaired) electrons. The van der Waals surface area contributed by atoms with Crippen molar-refractivity contribution < 1.29 is 14.3 Å². The molecule has 1 unspecified atom stereocenters. The van der Waals surface area contributed by atoms with Crippen molar-refractivity contribution in [3.63, 3.8) is 0 Å². The van der Waals surface area contributed by atoms with E-state index in [2.05, 4.69) is 24.1 Å². The second-order valence-corrected chi connectivity index (χ2v) is 6.74. The van der Waals surface area contributed by atoms with Crippen LogP contribution in [0, 0.1) is 5.41 Å². The van der Waals surface area contributed by atoms with Gasteiger partial charge in [-0.05, 0) is 11.8 Å². The molecule has 1 atom stereocenters. The van der Waals surface area contributed by atoms with Crippen molar-refractivity contribution in [2.45, 2.75) is 26.3 Å². The Hall–Kier alpha value is -1.79. The van der Waals surface area contributed by atoms with Crippen LogP contribution in [-0.4, -0.2) is 50.7 Å². The number of amides is 1. The molecule has 2 rings (SSSR count). The Morgan fingerprint density at radius 1 is 1.30 bits per heavy atom. The minimum Gasteiger partial charge on any atom is -0.497 e. The van der Waals surface area contributed by atoms with E-state index in [0.29, 0.717) is 23.7 Å². The van der Waals surface area contributed by atoms with Gasteiger partial charge < -0.3 is 20.5 Å². The highest BCUT2D eigenvalue weighted by Crippen LogP contribution is 2.28. The third kappa shape index (κ3) is 4.59. The van der Waals surface area contributed by atoms with Crippen LogP contribution >= 0.6 is 0 Å². The second kappa shape index (κ2) is 7.19. The van der Waals surface area contributed by atoms with Gasteiger partial charge in [-0.3, -0.25) is 9.69 Å². The summed E-state index contributed by atoms with van der Waals surface area (Å²) in [6, 6.07) is 5.50. The van der Waals surface area contributed by atoms with Gasteiger partial charge in [0.1, 0.15) is 11.5 Å². The van der Waals surface area contributed by atoms with Crippen molar-refractivity contribution in [3.8, 4) is 11.5 Å². The first-order valence-corrected chi connectivity index (χ1v) is 7.85. The number of methoxy groups -OCH3 is 2. The van der Waals surface area contributed by atoms with Crippen LogP contribution in [0.2, 0.25) is 0 Å². The number of nitrogens with one attached hydrogen (secondary N) is 1. The fourth-order valence-electron chi connectivity index (χ4n) is 2.90. The monoisotopic (exact) mass is 321 g/mol. The Kier molecular flexibility index (Phi) is 5.49. The van der Waals surface area contributed by atoms with Gasteiger partial charge in [0.15, 0.2) is 0 Å². The average Bonchev–Trinajstić information content (AvgIpc) is 2.50. The molecule has 0 aliphatic carbocycles. The number of carbonyl (C=O) groups excluding carboxylic acids is 1. The molecule has 1 fully saturated rings. The maximum atomic E-state index is 12.3. The van der Waals surface area contributed by atoms with Crippen molar-refractivity contribution in [1.82, 2.24) is 4.90 Å². The van der Waals surface area contributed by atoms with Crippen molar-refractivity contribution in [3.05, 3.63) is 18.2 Å². The normalized spacial score (nSPS) is 20.8. The summed E-state index contributed by atoms with van der Waals surface area (Å²) in [6.07, 6.45) is 0.910. The Morgan fingerprint density at radius 2 is 1.91 bits per heavy atom. The van der Waals surface area contributed by atoms with Gasteiger partial charge in [0.05, 0.1) is 20.8 Å². The van der Waals surface area contributed by atoms with Gasteiger partial charge in [0.25, 0.3) is 0 Å². The summed E-state index contributed by atoms with van der Waals surface area (Å²) in [7, 11) is 3.17. The molecule has 6 nitrogen and oxygen atoms in total. The quantitative estimate of drug-likeness (QED) is 0.863. The molecule has 23 heavy (non-hydrogen) atoms. The molecule has 6 heteroatoms. The van der Waals surface area contributed by atoms with Crippen molar-refractivity contribution in [2.24, 2.45) is 11.1 Å². The molecule has 1 aromatic rings. The Balaban J connectivity index is 1.97. The van der Waals surface area contributed by atoms with Crippen LogP contribution < -0.4 is 20.5 Å². The van der Waals surface area contributed by atoms with E-state index < -0.39 is 0 Å². The van der Waals surface area contributed by atoms with E-state index in [-0.39, 0.29) is 17.4 Å². The van der Waals surface area contributed by atoms with E-state index in [0.717, 1.165) is 19.5 Å². The molecule has 0 bridgehead atoms. The maximum absolute atomic E-state index is 12.3. The third-order valence-corrected chi connectivity index (χ3v) is 4.39. The number of likely N-dealkylation sites (tertiary alicyclic amines) is 1. The number of hydrogen-bond acceptors (Lipinski definition) is 5. The van der Waals surface area contributed by atoms with Gasteiger partial charge in [0, 0.05) is 43.0 Å². The highest BCUT2D eigenvalue weighted by Gasteiger charge is 2.33. The predicted molar refractivity (Wildman–Crippen MR) is 91.0 cm³/mol. The van der Waals surface area contributed by atoms with Gasteiger partial charge in [-0.15, -0.1) is 0 Å². The first-order valence-electron chi connectivity index (χ1n) is 7.85. The lowest BCUT2D eigenvalue weighted by Gasteiger charge is -2.42. The molecule has 1 aromatic carbocycles. The third-order valence-electron chi connectivity index (χ3n) is 4.39. The van der Waals surface area contributed by atoms with E-state index in [1.807, 2.05) is 0 Å². The zero-order valence-electron chi connectivity index (χ0n) is 14.4. The fraction of sp³-hybridized carbons (Fsp3) is 0.588. The lowest BCUT2D eigenvalue weighted by atomic mass is 9.80. The molecular weight excluding hydrogens is 294 g/mol. The molecule has 0 aromatic heterocycles. The molecule has 1 aliphatic rings. The second-order valence-electron chi connectivity index (χ2n) is 6.74. The summed E-state index contributed by atoms with van der Waals surface area (Å²) in [6.45, 7) is 6.32. The minimum atomic E-state index is -0.0495. The van der Waals surface area contributed by atoms with Gasteiger partial charge in [-0.1, -0.05) is 13.8 Å². The molecule has 1 saturated heterocycles. The number of rotatable bonds is 5. The molecule has 1 aliphatic heterocycles. The van der Waals surface area contributed by atoms with Crippen LogP contribution in [0.25, 0.3) is 0 Å². The number of nitrogens with zero attached hydrogens (tertiary/aromatic N) is 1. The Bertz CT molecular complexity index is 538. The van der Waals surface area contributed by atoms with E-state index in [1.54, 1.807) is 32.4 Å². The van der Waals surface area contributed by atoms with Crippen LogP contribution in [0.4, 0.5) is 5.69 Å². The molecule has 1 heterocycles. The van der Waals surface area contributed by atoms with E-state index in [4.69, 9.17) is 15.2 Å². The molecule has 0 saturated carbocycles. The maximum Gasteiger partial charge on any atom is 0.238 e. The predicted octanol–water partition coefficient (Wildman–Crippen LogP) is 1.70. The molecule has 0 spiro atoms. The molecular formula is C17H27N3O3. The van der Waals surface area contributed by atoms with Gasteiger partial charge in [0.2, 0.25) is 5.91 Å². The van der Waals surface area contributed by atoms with Crippen LogP contribution in [0.3, 0.4) is 0 Å². The number of anilines is 1. The van der Waals surface area contributed by atoms with Gasteiger partial charge in [-0.2, -0.15) is 0 Å². The summed E-state index contributed by atoms with van der Waals surface area (Å²) < 4.78 is 10.4.